The minimum atomic E-state index is -5.02. The number of rotatable bonds is 8. The first-order valence-electron chi connectivity index (χ1n) is 9.12. The smallest absolute Gasteiger partial charge is 0.453 e. The van der Waals surface area contributed by atoms with Crippen molar-refractivity contribution in [1.82, 2.24) is 0 Å². The molecule has 0 aliphatic heterocycles. The van der Waals surface area contributed by atoms with E-state index in [1.807, 2.05) is 0 Å². The number of benzene rings is 2. The third-order valence-electron chi connectivity index (χ3n) is 4.06. The summed E-state index contributed by atoms with van der Waals surface area (Å²) in [4.78, 5) is 24.3. The monoisotopic (exact) mass is 450 g/mol. The largest absolute Gasteiger partial charge is 0.497 e. The van der Waals surface area contributed by atoms with Crippen LogP contribution in [0.25, 0.3) is 11.0 Å². The van der Waals surface area contributed by atoms with Gasteiger partial charge in [-0.1, -0.05) is 18.7 Å². The van der Waals surface area contributed by atoms with Gasteiger partial charge in [-0.15, -0.1) is 0 Å². The normalized spacial score (nSPS) is 11.1. The molecule has 3 rings (SSSR count). The van der Waals surface area contributed by atoms with Gasteiger partial charge in [0.2, 0.25) is 11.2 Å². The van der Waals surface area contributed by atoms with Crippen molar-refractivity contribution in [3.8, 4) is 23.0 Å². The number of halogens is 3. The van der Waals surface area contributed by atoms with Gasteiger partial charge in [-0.05, 0) is 24.3 Å². The van der Waals surface area contributed by atoms with Crippen molar-refractivity contribution in [2.75, 3.05) is 20.3 Å². The fourth-order valence-corrected chi connectivity index (χ4v) is 2.64. The molecule has 1 aromatic heterocycles. The number of ether oxygens (including phenoxy) is 4. The van der Waals surface area contributed by atoms with Crippen LogP contribution in [0.3, 0.4) is 0 Å². The van der Waals surface area contributed by atoms with Gasteiger partial charge >= 0.3 is 12.1 Å². The molecule has 3 aromatic rings. The average Bonchev–Trinajstić information content (AvgIpc) is 2.77. The van der Waals surface area contributed by atoms with Crippen LogP contribution in [0.2, 0.25) is 0 Å². The van der Waals surface area contributed by atoms with Crippen LogP contribution in [-0.4, -0.2) is 26.3 Å². The Morgan fingerprint density at radius 3 is 2.56 bits per heavy atom. The average molecular weight is 450 g/mol. The molecule has 0 aliphatic carbocycles. The van der Waals surface area contributed by atoms with Gasteiger partial charge in [-0.3, -0.25) is 4.79 Å². The van der Waals surface area contributed by atoms with E-state index >= 15 is 0 Å². The van der Waals surface area contributed by atoms with Gasteiger partial charge < -0.3 is 23.4 Å². The second-order valence-electron chi connectivity index (χ2n) is 6.29. The Balaban J connectivity index is 1.99. The second-order valence-corrected chi connectivity index (χ2v) is 6.29. The molecular weight excluding hydrogens is 433 g/mol. The molecule has 168 valence electrons. The van der Waals surface area contributed by atoms with E-state index in [1.54, 1.807) is 6.07 Å². The fraction of sp³-hybridized carbons (Fsp3) is 0.182. The molecule has 0 saturated carbocycles. The molecular formula is C22H17F3O7. The zero-order valence-corrected chi connectivity index (χ0v) is 16.7. The van der Waals surface area contributed by atoms with E-state index in [0.717, 1.165) is 6.07 Å². The molecule has 0 N–H and O–H groups in total. The molecule has 7 nitrogen and oxygen atoms in total. The molecule has 0 spiro atoms. The number of hydrogen-bond donors (Lipinski definition) is 0. The van der Waals surface area contributed by atoms with Gasteiger partial charge in [0, 0.05) is 12.1 Å². The molecule has 32 heavy (non-hydrogen) atoms. The van der Waals surface area contributed by atoms with E-state index in [0.29, 0.717) is 5.75 Å². The van der Waals surface area contributed by atoms with Crippen LogP contribution in [0.5, 0.6) is 23.0 Å². The van der Waals surface area contributed by atoms with Gasteiger partial charge in [-0.25, -0.2) is 4.79 Å². The molecule has 0 amide bonds. The molecule has 0 fully saturated rings. The lowest BCUT2D eigenvalue weighted by atomic mass is 10.2. The highest BCUT2D eigenvalue weighted by atomic mass is 19.4. The molecule has 0 saturated heterocycles. The minimum Gasteiger partial charge on any atom is -0.497 e. The van der Waals surface area contributed by atoms with Crippen LogP contribution >= 0.6 is 0 Å². The van der Waals surface area contributed by atoms with Crippen molar-refractivity contribution in [3.63, 3.8) is 0 Å². The zero-order valence-electron chi connectivity index (χ0n) is 16.7. The van der Waals surface area contributed by atoms with E-state index in [9.17, 15) is 22.8 Å². The highest BCUT2D eigenvalue weighted by molar-refractivity contribution is 5.80. The summed E-state index contributed by atoms with van der Waals surface area (Å²) in [6.45, 7) is 2.89. The van der Waals surface area contributed by atoms with Crippen LogP contribution in [-0.2, 0) is 15.7 Å². The summed E-state index contributed by atoms with van der Waals surface area (Å²) in [6, 6.07) is 9.35. The maximum atomic E-state index is 13.6. The molecule has 0 atom stereocenters. The van der Waals surface area contributed by atoms with Gasteiger partial charge in [0.05, 0.1) is 12.5 Å². The Hall–Kier alpha value is -3.95. The van der Waals surface area contributed by atoms with Gasteiger partial charge in [0.25, 0.3) is 5.76 Å². The van der Waals surface area contributed by atoms with Crippen LogP contribution in [0.15, 0.2) is 64.3 Å². The molecule has 0 radical (unpaired) electrons. The summed E-state index contributed by atoms with van der Waals surface area (Å²) in [5.41, 5.74) is -1.42. The Morgan fingerprint density at radius 2 is 1.88 bits per heavy atom. The number of hydrogen-bond acceptors (Lipinski definition) is 7. The van der Waals surface area contributed by atoms with E-state index in [1.165, 1.54) is 43.5 Å². The zero-order chi connectivity index (χ0) is 23.3. The van der Waals surface area contributed by atoms with Crippen LogP contribution in [0.4, 0.5) is 13.2 Å². The van der Waals surface area contributed by atoms with Gasteiger partial charge in [0.1, 0.15) is 29.4 Å². The Bertz CT molecular complexity index is 1200. The summed E-state index contributed by atoms with van der Waals surface area (Å²) in [5, 5.41) is -0.169. The quantitative estimate of drug-likeness (QED) is 0.363. The van der Waals surface area contributed by atoms with Crippen LogP contribution in [0, 0.1) is 0 Å². The van der Waals surface area contributed by atoms with Crippen molar-refractivity contribution in [2.45, 2.75) is 6.18 Å². The number of carbonyl (C=O) groups is 1. The molecule has 0 unspecified atom stereocenters. The number of fused-ring (bicyclic) bond motifs is 1. The first-order valence-corrected chi connectivity index (χ1v) is 9.12. The molecule has 2 aromatic carbocycles. The van der Waals surface area contributed by atoms with E-state index in [2.05, 4.69) is 6.58 Å². The van der Waals surface area contributed by atoms with Gasteiger partial charge in [0.15, 0.2) is 6.61 Å². The molecule has 1 heterocycles. The lowest BCUT2D eigenvalue weighted by molar-refractivity contribution is -0.154. The number of methoxy groups -OCH3 is 1. The summed E-state index contributed by atoms with van der Waals surface area (Å²) in [5.74, 6) is -3.04. The van der Waals surface area contributed by atoms with Crippen LogP contribution < -0.4 is 19.6 Å². The molecule has 0 bridgehead atoms. The maximum Gasteiger partial charge on any atom is 0.453 e. The third-order valence-corrected chi connectivity index (χ3v) is 4.06. The lowest BCUT2D eigenvalue weighted by Gasteiger charge is -2.14. The van der Waals surface area contributed by atoms with E-state index < -0.39 is 41.3 Å². The topological polar surface area (TPSA) is 84.2 Å². The van der Waals surface area contributed by atoms with Gasteiger partial charge in [-0.2, -0.15) is 13.2 Å². The highest BCUT2D eigenvalue weighted by Crippen LogP contribution is 2.39. The predicted octanol–water partition coefficient (Wildman–Crippen LogP) is 4.72. The predicted molar refractivity (Wildman–Crippen MR) is 107 cm³/mol. The summed E-state index contributed by atoms with van der Waals surface area (Å²) >= 11 is 0. The standard InChI is InChI=1S/C22H17F3O7/c1-3-9-29-18(26)12-30-14-7-8-16-17(11-14)32-21(22(23,24)25)20(19(16)27)31-15-6-4-5-13(10-15)28-2/h3-8,10-11H,1,9,12H2,2H3. The Labute approximate surface area is 179 Å². The second kappa shape index (κ2) is 9.46. The minimum absolute atomic E-state index is 0.00536. The summed E-state index contributed by atoms with van der Waals surface area (Å²) < 4.78 is 66.1. The summed E-state index contributed by atoms with van der Waals surface area (Å²) in [6.07, 6.45) is -3.65. The maximum absolute atomic E-state index is 13.6. The van der Waals surface area contributed by atoms with Crippen molar-refractivity contribution < 1.29 is 41.3 Å². The van der Waals surface area contributed by atoms with Crippen molar-refractivity contribution in [3.05, 3.63) is 71.1 Å². The summed E-state index contributed by atoms with van der Waals surface area (Å²) in [7, 11) is 1.38. The van der Waals surface area contributed by atoms with Crippen LogP contribution in [0.1, 0.15) is 5.76 Å². The fourth-order valence-electron chi connectivity index (χ4n) is 2.64. The molecule has 10 heteroatoms. The number of esters is 1. The SMILES string of the molecule is C=CCOC(=O)COc1ccc2c(=O)c(Oc3cccc(OC)c3)c(C(F)(F)F)oc2c1. The van der Waals surface area contributed by atoms with Crippen molar-refractivity contribution in [2.24, 2.45) is 0 Å². The van der Waals surface area contributed by atoms with Crippen molar-refractivity contribution in [1.29, 1.82) is 0 Å². The third kappa shape index (κ3) is 5.20. The van der Waals surface area contributed by atoms with E-state index in [4.69, 9.17) is 23.4 Å². The first-order chi connectivity index (χ1) is 15.2. The van der Waals surface area contributed by atoms with E-state index in [-0.39, 0.29) is 23.5 Å². The highest BCUT2D eigenvalue weighted by Gasteiger charge is 2.40. The molecule has 0 aliphatic rings. The number of alkyl halides is 3. The first kappa shape index (κ1) is 22.7. The Morgan fingerprint density at radius 1 is 1.12 bits per heavy atom. The lowest BCUT2D eigenvalue weighted by Crippen LogP contribution is -2.16. The van der Waals surface area contributed by atoms with Crippen molar-refractivity contribution >= 4 is 16.9 Å². The Kier molecular flexibility index (Phi) is 6.72. The number of carbonyl (C=O) groups excluding carboxylic acids is 1.